The van der Waals surface area contributed by atoms with Crippen LogP contribution >= 0.6 is 0 Å². The zero-order chi connectivity index (χ0) is 11.8. The number of nitrogens with one attached hydrogen (secondary N) is 1. The van der Waals surface area contributed by atoms with Crippen LogP contribution in [0.5, 0.6) is 0 Å². The van der Waals surface area contributed by atoms with Crippen LogP contribution in [0.1, 0.15) is 26.5 Å². The summed E-state index contributed by atoms with van der Waals surface area (Å²) >= 11 is 0. The van der Waals surface area contributed by atoms with E-state index in [4.69, 9.17) is 0 Å². The van der Waals surface area contributed by atoms with Crippen LogP contribution in [0, 0.1) is 0 Å². The molecule has 0 saturated carbocycles. The molecule has 0 spiro atoms. The van der Waals surface area contributed by atoms with Crippen molar-refractivity contribution in [1.29, 1.82) is 0 Å². The average Bonchev–Trinajstić information content (AvgIpc) is 2.34. The molecule has 90 valence electrons. The molecule has 0 bridgehead atoms. The van der Waals surface area contributed by atoms with Gasteiger partial charge in [-0.1, -0.05) is 13.8 Å². The second-order valence-electron chi connectivity index (χ2n) is 3.96. The van der Waals surface area contributed by atoms with Crippen LogP contribution < -0.4 is 5.32 Å². The van der Waals surface area contributed by atoms with Gasteiger partial charge in [-0.15, -0.1) is 0 Å². The molecule has 4 heteroatoms. The molecule has 0 aliphatic heterocycles. The lowest BCUT2D eigenvalue weighted by atomic mass is 10.3. The Bertz CT molecular complexity index is 272. The van der Waals surface area contributed by atoms with Crippen LogP contribution in [-0.2, 0) is 6.54 Å². The van der Waals surface area contributed by atoms with Gasteiger partial charge in [-0.25, -0.2) is 0 Å². The number of rotatable bonds is 7. The summed E-state index contributed by atoms with van der Waals surface area (Å²) in [5.74, 6) is 0. The van der Waals surface area contributed by atoms with Gasteiger partial charge in [0.1, 0.15) is 0 Å². The van der Waals surface area contributed by atoms with E-state index in [9.17, 15) is 0 Å². The Hall–Kier alpha value is -1.00. The summed E-state index contributed by atoms with van der Waals surface area (Å²) in [5.41, 5.74) is 0.994. The Morgan fingerprint density at radius 3 is 2.62 bits per heavy atom. The van der Waals surface area contributed by atoms with Gasteiger partial charge in [0.2, 0.25) is 0 Å². The minimum atomic E-state index is 0.474. The molecule has 0 fully saturated rings. The standard InChI is InChI=1S/C12H22N4/c1-4-16(5-2)10-11(3)15-9-12-8-13-6-7-14-12/h6-8,11,15H,4-5,9-10H2,1-3H3. The molecule has 1 rings (SSSR count). The molecule has 1 N–H and O–H groups in total. The second-order valence-corrected chi connectivity index (χ2v) is 3.96. The maximum Gasteiger partial charge on any atom is 0.0724 e. The normalized spacial score (nSPS) is 13.0. The summed E-state index contributed by atoms with van der Waals surface area (Å²) in [6.45, 7) is 10.7. The van der Waals surface area contributed by atoms with E-state index in [0.29, 0.717) is 6.04 Å². The third-order valence-corrected chi connectivity index (χ3v) is 2.67. The average molecular weight is 222 g/mol. The largest absolute Gasteiger partial charge is 0.307 e. The molecule has 0 aromatic carbocycles. The number of hydrogen-bond acceptors (Lipinski definition) is 4. The number of likely N-dealkylation sites (N-methyl/N-ethyl adjacent to an activating group) is 1. The minimum absolute atomic E-state index is 0.474. The molecule has 0 saturated heterocycles. The first-order chi connectivity index (χ1) is 7.76. The highest BCUT2D eigenvalue weighted by atomic mass is 15.1. The van der Waals surface area contributed by atoms with E-state index < -0.39 is 0 Å². The van der Waals surface area contributed by atoms with Crippen LogP contribution in [0.4, 0.5) is 0 Å². The van der Waals surface area contributed by atoms with Gasteiger partial charge in [-0.3, -0.25) is 9.97 Å². The summed E-state index contributed by atoms with van der Waals surface area (Å²) in [6, 6.07) is 0.474. The van der Waals surface area contributed by atoms with Crippen molar-refractivity contribution in [2.75, 3.05) is 19.6 Å². The van der Waals surface area contributed by atoms with Crippen molar-refractivity contribution in [1.82, 2.24) is 20.2 Å². The Kier molecular flexibility index (Phi) is 5.96. The van der Waals surface area contributed by atoms with E-state index in [1.807, 2.05) is 0 Å². The van der Waals surface area contributed by atoms with Crippen LogP contribution in [0.15, 0.2) is 18.6 Å². The van der Waals surface area contributed by atoms with E-state index in [0.717, 1.165) is 31.9 Å². The van der Waals surface area contributed by atoms with E-state index in [1.165, 1.54) is 0 Å². The van der Waals surface area contributed by atoms with Crippen LogP contribution in [0.25, 0.3) is 0 Å². The SMILES string of the molecule is CCN(CC)CC(C)NCc1cnccn1. The molecular formula is C12H22N4. The minimum Gasteiger partial charge on any atom is -0.307 e. The van der Waals surface area contributed by atoms with E-state index in [2.05, 4.69) is 41.0 Å². The van der Waals surface area contributed by atoms with Gasteiger partial charge in [0, 0.05) is 37.7 Å². The van der Waals surface area contributed by atoms with Gasteiger partial charge in [0.15, 0.2) is 0 Å². The topological polar surface area (TPSA) is 41.0 Å². The summed E-state index contributed by atoms with van der Waals surface area (Å²) in [5, 5.41) is 3.45. The second kappa shape index (κ2) is 7.30. The molecule has 16 heavy (non-hydrogen) atoms. The van der Waals surface area contributed by atoms with Crippen molar-refractivity contribution in [3.8, 4) is 0 Å². The van der Waals surface area contributed by atoms with Gasteiger partial charge in [-0.05, 0) is 20.0 Å². The maximum atomic E-state index is 4.23. The van der Waals surface area contributed by atoms with Crippen molar-refractivity contribution >= 4 is 0 Å². The Labute approximate surface area is 98.1 Å². The lowest BCUT2D eigenvalue weighted by Gasteiger charge is -2.23. The fourth-order valence-corrected chi connectivity index (χ4v) is 1.63. The fourth-order valence-electron chi connectivity index (χ4n) is 1.63. The molecule has 0 aliphatic rings. The van der Waals surface area contributed by atoms with E-state index in [1.54, 1.807) is 18.6 Å². The lowest BCUT2D eigenvalue weighted by molar-refractivity contribution is 0.270. The Morgan fingerprint density at radius 1 is 1.31 bits per heavy atom. The highest BCUT2D eigenvalue weighted by molar-refractivity contribution is 4.94. The van der Waals surface area contributed by atoms with Crippen molar-refractivity contribution < 1.29 is 0 Å². The number of aromatic nitrogens is 2. The zero-order valence-electron chi connectivity index (χ0n) is 10.5. The number of nitrogens with zero attached hydrogens (tertiary/aromatic N) is 3. The lowest BCUT2D eigenvalue weighted by Crippen LogP contribution is -2.38. The van der Waals surface area contributed by atoms with E-state index >= 15 is 0 Å². The molecule has 4 nitrogen and oxygen atoms in total. The first kappa shape index (κ1) is 13.1. The third-order valence-electron chi connectivity index (χ3n) is 2.67. The van der Waals surface area contributed by atoms with Gasteiger partial charge in [0.25, 0.3) is 0 Å². The molecular weight excluding hydrogens is 200 g/mol. The molecule has 1 unspecified atom stereocenters. The first-order valence-electron chi connectivity index (χ1n) is 5.96. The molecule has 1 atom stereocenters. The summed E-state index contributed by atoms with van der Waals surface area (Å²) < 4.78 is 0. The van der Waals surface area contributed by atoms with Gasteiger partial charge in [-0.2, -0.15) is 0 Å². The van der Waals surface area contributed by atoms with Crippen LogP contribution in [0.2, 0.25) is 0 Å². The van der Waals surface area contributed by atoms with Crippen LogP contribution in [-0.4, -0.2) is 40.5 Å². The van der Waals surface area contributed by atoms with Gasteiger partial charge in [0.05, 0.1) is 5.69 Å². The zero-order valence-corrected chi connectivity index (χ0v) is 10.5. The molecule has 0 radical (unpaired) electrons. The smallest absolute Gasteiger partial charge is 0.0724 e. The molecule has 0 aliphatic carbocycles. The Balaban J connectivity index is 2.27. The monoisotopic (exact) mass is 222 g/mol. The predicted octanol–water partition coefficient (Wildman–Crippen LogP) is 1.30. The fraction of sp³-hybridized carbons (Fsp3) is 0.667. The maximum absolute atomic E-state index is 4.23. The quantitative estimate of drug-likeness (QED) is 0.755. The molecule has 1 aromatic rings. The van der Waals surface area contributed by atoms with Crippen LogP contribution in [0.3, 0.4) is 0 Å². The molecule has 1 heterocycles. The van der Waals surface area contributed by atoms with Gasteiger partial charge >= 0.3 is 0 Å². The van der Waals surface area contributed by atoms with Crippen molar-refractivity contribution in [3.05, 3.63) is 24.3 Å². The third kappa shape index (κ3) is 4.68. The Morgan fingerprint density at radius 2 is 2.06 bits per heavy atom. The van der Waals surface area contributed by atoms with Crippen molar-refractivity contribution in [2.24, 2.45) is 0 Å². The highest BCUT2D eigenvalue weighted by Crippen LogP contribution is 1.94. The highest BCUT2D eigenvalue weighted by Gasteiger charge is 2.06. The predicted molar refractivity (Wildman–Crippen MR) is 66.1 cm³/mol. The van der Waals surface area contributed by atoms with Crippen molar-refractivity contribution in [2.45, 2.75) is 33.4 Å². The first-order valence-corrected chi connectivity index (χ1v) is 5.96. The van der Waals surface area contributed by atoms with Crippen molar-refractivity contribution in [3.63, 3.8) is 0 Å². The van der Waals surface area contributed by atoms with Gasteiger partial charge < -0.3 is 10.2 Å². The van der Waals surface area contributed by atoms with E-state index in [-0.39, 0.29) is 0 Å². The summed E-state index contributed by atoms with van der Waals surface area (Å²) in [6.07, 6.45) is 5.23. The molecule has 1 aromatic heterocycles. The summed E-state index contributed by atoms with van der Waals surface area (Å²) in [4.78, 5) is 10.7. The molecule has 0 amide bonds. The summed E-state index contributed by atoms with van der Waals surface area (Å²) in [7, 11) is 0. The number of hydrogen-bond donors (Lipinski definition) is 1.